The smallest absolute Gasteiger partial charge is 0.337 e. The van der Waals surface area contributed by atoms with Gasteiger partial charge in [0, 0.05) is 52.4 Å². The third kappa shape index (κ3) is 11.8. The molecule has 0 N–H and O–H groups in total. The average Bonchev–Trinajstić information content (AvgIpc) is 3.46. The van der Waals surface area contributed by atoms with E-state index >= 15 is 33.7 Å². The molecule has 2 aliphatic heterocycles. The lowest BCUT2D eigenvalue weighted by molar-refractivity contribution is 0.0591. The minimum Gasteiger partial charge on any atom is -0.465 e. The Morgan fingerprint density at radius 3 is 0.718 bits per heavy atom. The molecular formula is C58H58N4O12S4. The number of aryl methyl sites for hydroxylation is 4. The molecule has 0 spiro atoms. The van der Waals surface area contributed by atoms with Crippen LogP contribution in [0.4, 0.5) is 0 Å². The van der Waals surface area contributed by atoms with Crippen molar-refractivity contribution in [3.63, 3.8) is 0 Å². The summed E-state index contributed by atoms with van der Waals surface area (Å²) in [5, 5.41) is 0. The van der Waals surface area contributed by atoms with Gasteiger partial charge in [-0.1, -0.05) is 95.1 Å². The van der Waals surface area contributed by atoms with Crippen molar-refractivity contribution in [3.8, 4) is 0 Å². The van der Waals surface area contributed by atoms with Crippen molar-refractivity contribution in [2.45, 2.75) is 99.6 Å². The summed E-state index contributed by atoms with van der Waals surface area (Å²) in [5.41, 5.74) is 5.60. The molecule has 0 fully saturated rings. The van der Waals surface area contributed by atoms with Gasteiger partial charge in [-0.2, -0.15) is 17.2 Å². The fraction of sp³-hybridized carbons (Fsp3) is 0.241. The van der Waals surface area contributed by atoms with Crippen molar-refractivity contribution in [2.75, 3.05) is 14.2 Å². The predicted octanol–water partition coefficient (Wildman–Crippen LogP) is 8.68. The van der Waals surface area contributed by atoms with Gasteiger partial charge < -0.3 is 9.47 Å². The van der Waals surface area contributed by atoms with E-state index in [2.05, 4.69) is 0 Å². The number of hydrogen-bond acceptors (Lipinski definition) is 12. The minimum absolute atomic E-state index is 0.0317. The van der Waals surface area contributed by atoms with E-state index in [1.807, 2.05) is 27.7 Å². The lowest BCUT2D eigenvalue weighted by atomic mass is 9.96. The Morgan fingerprint density at radius 1 is 0.321 bits per heavy atom. The Kier molecular flexibility index (Phi) is 15.8. The Morgan fingerprint density at radius 2 is 0.526 bits per heavy atom. The molecule has 0 radical (unpaired) electrons. The van der Waals surface area contributed by atoms with Gasteiger partial charge in [0.2, 0.25) is 40.1 Å². The molecule has 8 bridgehead atoms. The van der Waals surface area contributed by atoms with Gasteiger partial charge in [-0.25, -0.2) is 43.3 Å². The largest absolute Gasteiger partial charge is 0.465 e. The molecule has 9 rings (SSSR count). The first-order valence-electron chi connectivity index (χ1n) is 24.8. The molecule has 2 aliphatic rings. The molecule has 7 aromatic carbocycles. The Balaban J connectivity index is 1.35. The monoisotopic (exact) mass is 1130 g/mol. The highest BCUT2D eigenvalue weighted by molar-refractivity contribution is 7.90. The second kappa shape index (κ2) is 22.1. The molecule has 20 heteroatoms. The number of carbonyl (C=O) groups excluding carboxylic acids is 2. The maximum Gasteiger partial charge on any atom is 0.337 e. The second-order valence-corrected chi connectivity index (χ2v) is 27.5. The lowest BCUT2D eigenvalue weighted by Gasteiger charge is -2.32. The zero-order valence-corrected chi connectivity index (χ0v) is 47.1. The maximum atomic E-state index is 15.2. The predicted molar refractivity (Wildman–Crippen MR) is 292 cm³/mol. The van der Waals surface area contributed by atoms with Gasteiger partial charge in [-0.15, -0.1) is 0 Å². The maximum absolute atomic E-state index is 15.2. The Labute approximate surface area is 456 Å². The minimum atomic E-state index is -4.45. The standard InChI is InChI=1S/C58H58N4O12S4/c1-39-7-15-53(16-8-39)75(65,66)59-31-43-23-44(26-47(25-43)57(63)73-5)32-61(77(69,70)55-19-11-41(3)12-20-55)37-51-29-49(35-59)50-30-52(51)38-62(78(71,72)56-21-13-42(4)14-22-56)34-46-24-45(27-48(28-46)58(64)74-6)33-60(36-50)76(67,68)54-17-9-40(2)10-18-54/h7-30H,31-38H2,1-6H3. The van der Waals surface area contributed by atoms with Gasteiger partial charge in [0.05, 0.1) is 44.9 Å². The summed E-state index contributed by atoms with van der Waals surface area (Å²) in [6.07, 6.45) is 0. The number of hydrogen-bond donors (Lipinski definition) is 0. The molecule has 2 heterocycles. The van der Waals surface area contributed by atoms with E-state index in [1.165, 1.54) is 104 Å². The number of fused-ring (bicyclic) bond motifs is 10. The van der Waals surface area contributed by atoms with Crippen molar-refractivity contribution >= 4 is 52.0 Å². The van der Waals surface area contributed by atoms with Crippen molar-refractivity contribution in [1.29, 1.82) is 0 Å². The van der Waals surface area contributed by atoms with Crippen LogP contribution in [-0.4, -0.2) is 77.1 Å². The van der Waals surface area contributed by atoms with E-state index in [0.717, 1.165) is 22.3 Å². The normalized spacial score (nSPS) is 15.5. The van der Waals surface area contributed by atoms with Crippen LogP contribution in [0.2, 0.25) is 0 Å². The first-order chi connectivity index (χ1) is 36.9. The molecule has 78 heavy (non-hydrogen) atoms. The summed E-state index contributed by atoms with van der Waals surface area (Å²) < 4.78 is 137. The van der Waals surface area contributed by atoms with Gasteiger partial charge in [-0.3, -0.25) is 0 Å². The van der Waals surface area contributed by atoms with Crippen LogP contribution in [0.25, 0.3) is 0 Å². The molecule has 0 amide bonds. The van der Waals surface area contributed by atoms with Gasteiger partial charge in [0.15, 0.2) is 0 Å². The van der Waals surface area contributed by atoms with E-state index in [0.29, 0.717) is 22.3 Å². The van der Waals surface area contributed by atoms with Gasteiger partial charge in [0.25, 0.3) is 0 Å². The molecule has 7 aromatic rings. The molecular weight excluding hydrogens is 1070 g/mol. The third-order valence-corrected chi connectivity index (χ3v) is 21.2. The fourth-order valence-electron chi connectivity index (χ4n) is 9.66. The number of esters is 2. The van der Waals surface area contributed by atoms with Crippen LogP contribution in [-0.2, 0) is 102 Å². The number of methoxy groups -OCH3 is 2. The number of carbonyl (C=O) groups is 2. The Bertz CT molecular complexity index is 3440. The molecule has 0 saturated heterocycles. The molecule has 0 saturated carbocycles. The first-order valence-corrected chi connectivity index (χ1v) is 30.5. The molecule has 0 unspecified atom stereocenters. The van der Waals surface area contributed by atoms with Crippen molar-refractivity contribution in [2.24, 2.45) is 0 Å². The number of ether oxygens (including phenoxy) is 2. The topological polar surface area (TPSA) is 202 Å². The Hall–Kier alpha value is -6.88. The van der Waals surface area contributed by atoms with E-state index in [4.69, 9.17) is 9.47 Å². The molecule has 0 aliphatic carbocycles. The number of rotatable bonds is 10. The van der Waals surface area contributed by atoms with Gasteiger partial charge in [0.1, 0.15) is 0 Å². The van der Waals surface area contributed by atoms with Crippen LogP contribution < -0.4 is 0 Å². The van der Waals surface area contributed by atoms with Crippen molar-refractivity contribution in [1.82, 2.24) is 17.2 Å². The van der Waals surface area contributed by atoms with Crippen molar-refractivity contribution < 1.29 is 52.7 Å². The van der Waals surface area contributed by atoms with Crippen LogP contribution in [0.15, 0.2) is 165 Å². The molecule has 0 atom stereocenters. The SMILES string of the molecule is COC(=O)c1cc2cc(c1)CN(S(=O)(=O)c1ccc(C)cc1)Cc1cc(c3cc1CN(S(=O)(=O)c1ccc(C)cc1)Cc1cc(cc(C(=O)OC)c1)CN(S(=O)(=O)c1ccc(C)cc1)C3)CN(S(=O)(=O)c1ccc(C)cc1)C2. The highest BCUT2D eigenvalue weighted by Gasteiger charge is 2.35. The van der Waals surface area contributed by atoms with Gasteiger partial charge in [-0.05, 0) is 145 Å². The molecule has 406 valence electrons. The summed E-state index contributed by atoms with van der Waals surface area (Å²) >= 11 is 0. The number of benzene rings is 7. The summed E-state index contributed by atoms with van der Waals surface area (Å²) in [5.74, 6) is -1.51. The van der Waals surface area contributed by atoms with E-state index in [9.17, 15) is 9.59 Å². The third-order valence-electron chi connectivity index (χ3n) is 13.9. The van der Waals surface area contributed by atoms with Gasteiger partial charge >= 0.3 is 11.9 Å². The van der Waals surface area contributed by atoms with Crippen LogP contribution in [0.3, 0.4) is 0 Å². The number of nitrogens with zero attached hydrogens (tertiary/aromatic N) is 4. The van der Waals surface area contributed by atoms with Crippen LogP contribution in [0, 0.1) is 27.7 Å². The zero-order valence-electron chi connectivity index (χ0n) is 43.8. The molecule has 0 aromatic heterocycles. The van der Waals surface area contributed by atoms with Crippen LogP contribution >= 0.6 is 0 Å². The van der Waals surface area contributed by atoms with E-state index in [1.54, 1.807) is 72.8 Å². The summed E-state index contributed by atoms with van der Waals surface area (Å²) in [7, 11) is -15.4. The molecule has 16 nitrogen and oxygen atoms in total. The fourth-order valence-corrected chi connectivity index (χ4v) is 15.3. The first kappa shape index (κ1) is 55.9. The second-order valence-electron chi connectivity index (χ2n) is 19.8. The summed E-state index contributed by atoms with van der Waals surface area (Å²) in [6, 6.07) is 37.6. The lowest BCUT2D eigenvalue weighted by Crippen LogP contribution is -2.36. The van der Waals surface area contributed by atoms with Crippen LogP contribution in [0.1, 0.15) is 87.5 Å². The number of sulfonamides is 4. The van der Waals surface area contributed by atoms with E-state index in [-0.39, 0.29) is 79.1 Å². The van der Waals surface area contributed by atoms with Crippen molar-refractivity contribution in [3.05, 3.63) is 223 Å². The summed E-state index contributed by atoms with van der Waals surface area (Å²) in [6.45, 7) is 4.16. The van der Waals surface area contributed by atoms with E-state index < -0.39 is 78.2 Å². The van der Waals surface area contributed by atoms with Crippen LogP contribution in [0.5, 0.6) is 0 Å². The quantitative estimate of drug-likeness (QED) is 0.118. The highest BCUT2D eigenvalue weighted by atomic mass is 32.2. The zero-order chi connectivity index (χ0) is 55.9. The highest BCUT2D eigenvalue weighted by Crippen LogP contribution is 2.35. The average molecular weight is 1130 g/mol. The summed E-state index contributed by atoms with van der Waals surface area (Å²) in [4.78, 5) is 26.6.